The van der Waals surface area contributed by atoms with Crippen molar-refractivity contribution in [2.75, 3.05) is 0 Å². The lowest BCUT2D eigenvalue weighted by molar-refractivity contribution is -0.0417. The van der Waals surface area contributed by atoms with E-state index in [1.807, 2.05) is 0 Å². The maximum Gasteiger partial charge on any atom is 0.0260 e. The molecule has 0 amide bonds. The third kappa shape index (κ3) is 2.47. The van der Waals surface area contributed by atoms with Crippen LogP contribution in [0.4, 0.5) is 0 Å². The Balaban J connectivity index is 1.38. The highest BCUT2D eigenvalue weighted by atomic mass is 14.6. The molecule has 4 aromatic rings. The van der Waals surface area contributed by atoms with Crippen molar-refractivity contribution < 1.29 is 0 Å². The zero-order chi connectivity index (χ0) is 21.6. The van der Waals surface area contributed by atoms with Crippen molar-refractivity contribution in [1.29, 1.82) is 0 Å². The summed E-state index contributed by atoms with van der Waals surface area (Å²) in [5, 5.41) is 2.76. The van der Waals surface area contributed by atoms with E-state index in [4.69, 9.17) is 0 Å². The van der Waals surface area contributed by atoms with Gasteiger partial charge in [-0.15, -0.1) is 0 Å². The van der Waals surface area contributed by atoms with Crippen LogP contribution in [0.15, 0.2) is 84.9 Å². The van der Waals surface area contributed by atoms with Crippen molar-refractivity contribution >= 4 is 10.8 Å². The molecule has 33 heavy (non-hydrogen) atoms. The number of hydrogen-bond donors (Lipinski definition) is 0. The third-order valence-electron chi connectivity index (χ3n) is 9.93. The summed E-state index contributed by atoms with van der Waals surface area (Å²) in [4.78, 5) is 0. The minimum Gasteiger partial charge on any atom is -0.0619 e. The minimum atomic E-state index is 0.171. The number of rotatable bonds is 2. The van der Waals surface area contributed by atoms with Gasteiger partial charge in [-0.3, -0.25) is 0 Å². The highest BCUT2D eigenvalue weighted by Gasteiger charge is 2.58. The fourth-order valence-electron chi connectivity index (χ4n) is 8.86. The fourth-order valence-corrected chi connectivity index (χ4v) is 8.86. The molecule has 0 nitrogen and oxygen atoms in total. The van der Waals surface area contributed by atoms with E-state index < -0.39 is 0 Å². The lowest BCUT2D eigenvalue weighted by Gasteiger charge is -2.62. The van der Waals surface area contributed by atoms with Crippen LogP contribution < -0.4 is 0 Å². The van der Waals surface area contributed by atoms with Gasteiger partial charge in [-0.2, -0.15) is 0 Å². The predicted molar refractivity (Wildman–Crippen MR) is 136 cm³/mol. The summed E-state index contributed by atoms with van der Waals surface area (Å²) in [6, 6.07) is 33.0. The first kappa shape index (κ1) is 18.6. The van der Waals surface area contributed by atoms with E-state index >= 15 is 0 Å². The Morgan fingerprint density at radius 3 is 1.97 bits per heavy atom. The lowest BCUT2D eigenvalue weighted by Crippen LogP contribution is -2.56. The fraction of sp³-hybridized carbons (Fsp3) is 0.333. The van der Waals surface area contributed by atoms with Crippen molar-refractivity contribution in [3.8, 4) is 11.1 Å². The van der Waals surface area contributed by atoms with E-state index in [1.54, 1.807) is 11.1 Å². The first-order valence-electron chi connectivity index (χ1n) is 13.0. The molecule has 4 fully saturated rings. The van der Waals surface area contributed by atoms with E-state index in [2.05, 4.69) is 84.9 Å². The molecule has 4 bridgehead atoms. The number of fused-ring (bicyclic) bond motifs is 4. The Kier molecular flexibility index (Phi) is 3.71. The Hall–Kier alpha value is -2.86. The van der Waals surface area contributed by atoms with Gasteiger partial charge in [0.2, 0.25) is 0 Å². The van der Waals surface area contributed by atoms with Gasteiger partial charge in [0.25, 0.3) is 0 Å². The highest BCUT2D eigenvalue weighted by Crippen LogP contribution is 2.65. The van der Waals surface area contributed by atoms with E-state index in [0.717, 1.165) is 30.1 Å². The Labute approximate surface area is 196 Å². The zero-order valence-electron chi connectivity index (χ0n) is 19.1. The van der Waals surface area contributed by atoms with Gasteiger partial charge in [-0.1, -0.05) is 78.9 Å². The average molecular weight is 427 g/mol. The molecule has 4 aromatic carbocycles. The van der Waals surface area contributed by atoms with Crippen molar-refractivity contribution in [2.24, 2.45) is 23.7 Å². The summed E-state index contributed by atoms with van der Waals surface area (Å²) in [5.41, 5.74) is 9.32. The molecule has 0 unspecified atom stereocenters. The molecule has 0 aliphatic heterocycles. The molecule has 5 aliphatic carbocycles. The summed E-state index contributed by atoms with van der Waals surface area (Å²) in [6.45, 7) is 0. The number of benzene rings is 4. The Bertz CT molecular complexity index is 1380. The third-order valence-corrected chi connectivity index (χ3v) is 9.93. The summed E-state index contributed by atoms with van der Waals surface area (Å²) in [6.07, 6.45) is 8.28. The molecule has 0 N–H and O–H groups in total. The normalized spacial score (nSPS) is 31.0. The molecular formula is C33H30. The molecule has 4 saturated carbocycles. The molecule has 0 atom stereocenters. The van der Waals surface area contributed by atoms with Crippen molar-refractivity contribution in [3.63, 3.8) is 0 Å². The second-order valence-corrected chi connectivity index (χ2v) is 11.4. The van der Waals surface area contributed by atoms with Crippen LogP contribution in [-0.2, 0) is 11.8 Å². The quantitative estimate of drug-likeness (QED) is 0.267. The van der Waals surface area contributed by atoms with Gasteiger partial charge < -0.3 is 0 Å². The Morgan fingerprint density at radius 2 is 1.15 bits per heavy atom. The average Bonchev–Trinajstić information content (AvgIpc) is 3.22. The van der Waals surface area contributed by atoms with Crippen LogP contribution in [0.3, 0.4) is 0 Å². The molecule has 0 heterocycles. The molecule has 0 aromatic heterocycles. The highest BCUT2D eigenvalue weighted by molar-refractivity contribution is 5.84. The summed E-state index contributed by atoms with van der Waals surface area (Å²) < 4.78 is 0. The standard InChI is InChI=1S/C33H30/c1-2-6-24-19-27(11-9-23(24)5-1)33(29-14-21-13-22(16-29)17-30(33)15-21)28-12-10-26-18-25-7-3-4-8-31(25)32(26)20-28/h1-12,19-22,29-30H,13-18H2. The molecule has 5 aliphatic rings. The molecule has 162 valence electrons. The van der Waals surface area contributed by atoms with E-state index in [1.165, 1.54) is 65.1 Å². The molecule has 0 heteroatoms. The van der Waals surface area contributed by atoms with Gasteiger partial charge in [-0.25, -0.2) is 0 Å². The van der Waals surface area contributed by atoms with Gasteiger partial charge in [0.05, 0.1) is 0 Å². The first-order chi connectivity index (χ1) is 16.3. The maximum atomic E-state index is 2.62. The van der Waals surface area contributed by atoms with Crippen LogP contribution in [0.1, 0.15) is 54.4 Å². The van der Waals surface area contributed by atoms with Gasteiger partial charge >= 0.3 is 0 Å². The maximum absolute atomic E-state index is 2.62. The van der Waals surface area contributed by atoms with Crippen molar-refractivity contribution in [3.05, 3.63) is 107 Å². The van der Waals surface area contributed by atoms with Crippen LogP contribution in [0, 0.1) is 23.7 Å². The molecule has 0 radical (unpaired) electrons. The molecule has 0 saturated heterocycles. The second-order valence-electron chi connectivity index (χ2n) is 11.4. The molecule has 0 spiro atoms. The van der Waals surface area contributed by atoms with Crippen molar-refractivity contribution in [1.82, 2.24) is 0 Å². The van der Waals surface area contributed by atoms with Crippen LogP contribution in [0.25, 0.3) is 21.9 Å². The summed E-state index contributed by atoms with van der Waals surface area (Å²) in [7, 11) is 0. The minimum absolute atomic E-state index is 0.171. The van der Waals surface area contributed by atoms with Crippen LogP contribution in [0.5, 0.6) is 0 Å². The topological polar surface area (TPSA) is 0 Å². The van der Waals surface area contributed by atoms with E-state index in [0.29, 0.717) is 0 Å². The monoisotopic (exact) mass is 426 g/mol. The number of hydrogen-bond acceptors (Lipinski definition) is 0. The molecular weight excluding hydrogens is 396 g/mol. The Morgan fingerprint density at radius 1 is 0.515 bits per heavy atom. The second kappa shape index (κ2) is 6.60. The van der Waals surface area contributed by atoms with Crippen LogP contribution in [0.2, 0.25) is 0 Å². The largest absolute Gasteiger partial charge is 0.0619 e. The lowest BCUT2D eigenvalue weighted by atomic mass is 9.42. The van der Waals surface area contributed by atoms with Gasteiger partial charge in [0.1, 0.15) is 0 Å². The smallest absolute Gasteiger partial charge is 0.0260 e. The van der Waals surface area contributed by atoms with E-state index in [9.17, 15) is 0 Å². The predicted octanol–water partition coefficient (Wildman–Crippen LogP) is 8.15. The van der Waals surface area contributed by atoms with Crippen LogP contribution >= 0.6 is 0 Å². The molecule has 9 rings (SSSR count). The van der Waals surface area contributed by atoms with Gasteiger partial charge in [0.15, 0.2) is 0 Å². The zero-order valence-corrected chi connectivity index (χ0v) is 19.1. The first-order valence-corrected chi connectivity index (χ1v) is 13.0. The summed E-state index contributed by atoms with van der Waals surface area (Å²) in [5.74, 6) is 3.50. The summed E-state index contributed by atoms with van der Waals surface area (Å²) >= 11 is 0. The van der Waals surface area contributed by atoms with Gasteiger partial charge in [-0.05, 0) is 112 Å². The van der Waals surface area contributed by atoms with Crippen LogP contribution in [-0.4, -0.2) is 0 Å². The van der Waals surface area contributed by atoms with Crippen molar-refractivity contribution in [2.45, 2.75) is 43.9 Å². The van der Waals surface area contributed by atoms with E-state index in [-0.39, 0.29) is 5.41 Å². The van der Waals surface area contributed by atoms with Gasteiger partial charge in [0, 0.05) is 5.41 Å². The SMILES string of the molecule is c1ccc2c(c1)Cc1ccc(C3(c4ccc5ccccc5c4)C4CC5CC(C4)CC3C5)cc1-2.